The number of amides is 1. The molecule has 1 fully saturated rings. The Bertz CT molecular complexity index is 482. The van der Waals surface area contributed by atoms with Gasteiger partial charge in [0.25, 0.3) is 0 Å². The van der Waals surface area contributed by atoms with Gasteiger partial charge in [0.05, 0.1) is 11.2 Å². The summed E-state index contributed by atoms with van der Waals surface area (Å²) in [6.45, 7) is 3.65. The number of β-amino-alcohol motifs (C(OH)–C–C–N with tert-alkyl or cyclic N) is 1. The molecule has 1 amide bonds. The minimum Gasteiger partial charge on any atom is -0.388 e. The molecule has 0 radical (unpaired) electrons. The van der Waals surface area contributed by atoms with Gasteiger partial charge in [0, 0.05) is 26.1 Å². The number of hydrogen-bond donors (Lipinski definition) is 2. The van der Waals surface area contributed by atoms with Crippen LogP contribution in [0.3, 0.4) is 0 Å². The number of carbonyl (C=O) groups is 1. The summed E-state index contributed by atoms with van der Waals surface area (Å²) in [6, 6.07) is 3.72. The van der Waals surface area contributed by atoms with Crippen molar-refractivity contribution in [2.45, 2.75) is 18.9 Å². The van der Waals surface area contributed by atoms with E-state index < -0.39 is 5.60 Å². The highest BCUT2D eigenvalue weighted by Gasteiger charge is 2.35. The van der Waals surface area contributed by atoms with Crippen molar-refractivity contribution in [2.24, 2.45) is 0 Å². The summed E-state index contributed by atoms with van der Waals surface area (Å²) in [4.78, 5) is 13.7. The molecule has 5 nitrogen and oxygen atoms in total. The van der Waals surface area contributed by atoms with Gasteiger partial charge in [-0.1, -0.05) is 0 Å². The molecule has 2 rings (SSSR count). The van der Waals surface area contributed by atoms with Crippen LogP contribution in [0.5, 0.6) is 0 Å². The molecular formula is C12H15N3O2S. The van der Waals surface area contributed by atoms with Gasteiger partial charge in [0.1, 0.15) is 11.1 Å². The summed E-state index contributed by atoms with van der Waals surface area (Å²) >= 11 is 1.35. The van der Waals surface area contributed by atoms with Gasteiger partial charge in [-0.25, -0.2) is 0 Å². The van der Waals surface area contributed by atoms with Gasteiger partial charge in [-0.2, -0.15) is 5.26 Å². The number of carbonyl (C=O) groups excluding carboxylic acids is 1. The molecule has 0 spiro atoms. The van der Waals surface area contributed by atoms with Crippen LogP contribution >= 0.6 is 11.3 Å². The Balaban J connectivity index is 1.75. The van der Waals surface area contributed by atoms with Crippen LogP contribution in [0.2, 0.25) is 0 Å². The maximum Gasteiger partial charge on any atom is 0.226 e. The van der Waals surface area contributed by atoms with E-state index >= 15 is 0 Å². The number of hydrogen-bond acceptors (Lipinski definition) is 5. The van der Waals surface area contributed by atoms with Crippen LogP contribution in [0.1, 0.15) is 18.9 Å². The quantitative estimate of drug-likeness (QED) is 0.852. The van der Waals surface area contributed by atoms with Crippen molar-refractivity contribution in [1.82, 2.24) is 4.90 Å². The van der Waals surface area contributed by atoms with Gasteiger partial charge in [-0.15, -0.1) is 11.3 Å². The molecule has 1 saturated heterocycles. The second-order valence-corrected chi connectivity index (χ2v) is 5.70. The van der Waals surface area contributed by atoms with E-state index in [1.165, 1.54) is 11.3 Å². The third-order valence-electron chi connectivity index (χ3n) is 2.82. The maximum atomic E-state index is 11.7. The first-order valence-electron chi connectivity index (χ1n) is 5.72. The molecule has 1 aromatic heterocycles. The van der Waals surface area contributed by atoms with Crippen LogP contribution in [-0.2, 0) is 4.79 Å². The molecule has 0 aromatic carbocycles. The Morgan fingerprint density at radius 2 is 2.44 bits per heavy atom. The Morgan fingerprint density at radius 1 is 1.72 bits per heavy atom. The molecule has 18 heavy (non-hydrogen) atoms. The van der Waals surface area contributed by atoms with Gasteiger partial charge in [0.15, 0.2) is 0 Å². The van der Waals surface area contributed by atoms with Crippen LogP contribution < -0.4 is 5.32 Å². The fourth-order valence-corrected chi connectivity index (χ4v) is 2.77. The van der Waals surface area contributed by atoms with Crippen LogP contribution in [-0.4, -0.2) is 41.1 Å². The summed E-state index contributed by atoms with van der Waals surface area (Å²) in [5.41, 5.74) is -0.0988. The van der Waals surface area contributed by atoms with Gasteiger partial charge in [-0.05, 0) is 18.4 Å². The second kappa shape index (κ2) is 5.06. The Kier molecular flexibility index (Phi) is 3.66. The van der Waals surface area contributed by atoms with Crippen molar-refractivity contribution in [3.63, 3.8) is 0 Å². The number of nitrogens with one attached hydrogen (secondary N) is 1. The van der Waals surface area contributed by atoms with E-state index in [0.29, 0.717) is 36.6 Å². The van der Waals surface area contributed by atoms with Gasteiger partial charge in [-0.3, -0.25) is 9.69 Å². The predicted molar refractivity (Wildman–Crippen MR) is 69.3 cm³/mol. The average Bonchev–Trinajstić information content (AvgIpc) is 2.70. The standard InChI is InChI=1S/C12H15N3O2S/c1-12(17)7-15(8-12)4-2-10(16)14-11-9(6-13)3-5-18-11/h3,5,17H,2,4,7-8H2,1H3,(H,14,16). The summed E-state index contributed by atoms with van der Waals surface area (Å²) in [7, 11) is 0. The molecule has 2 N–H and O–H groups in total. The number of rotatable bonds is 4. The summed E-state index contributed by atoms with van der Waals surface area (Å²) in [5.74, 6) is -0.0968. The lowest BCUT2D eigenvalue weighted by Crippen LogP contribution is -2.60. The van der Waals surface area contributed by atoms with E-state index in [1.54, 1.807) is 18.4 Å². The van der Waals surface area contributed by atoms with Crippen molar-refractivity contribution in [2.75, 3.05) is 25.0 Å². The highest BCUT2D eigenvalue weighted by Crippen LogP contribution is 2.23. The number of nitrogens with zero attached hydrogens (tertiary/aromatic N) is 2. The van der Waals surface area contributed by atoms with Crippen molar-refractivity contribution in [3.05, 3.63) is 17.0 Å². The van der Waals surface area contributed by atoms with E-state index in [2.05, 4.69) is 5.32 Å². The molecule has 1 aliphatic rings. The predicted octanol–water partition coefficient (Wildman–Crippen LogP) is 1.01. The van der Waals surface area contributed by atoms with Crippen molar-refractivity contribution >= 4 is 22.2 Å². The van der Waals surface area contributed by atoms with Gasteiger partial charge >= 0.3 is 0 Å². The van der Waals surface area contributed by atoms with Crippen molar-refractivity contribution in [3.8, 4) is 6.07 Å². The van der Waals surface area contributed by atoms with E-state index in [1.807, 2.05) is 11.0 Å². The first kappa shape index (κ1) is 13.0. The fraction of sp³-hybridized carbons (Fsp3) is 0.500. The number of aliphatic hydroxyl groups is 1. The third-order valence-corrected chi connectivity index (χ3v) is 3.65. The van der Waals surface area contributed by atoms with Gasteiger partial charge < -0.3 is 10.4 Å². The monoisotopic (exact) mass is 265 g/mol. The van der Waals surface area contributed by atoms with Crippen LogP contribution in [0, 0.1) is 11.3 Å². The maximum absolute atomic E-state index is 11.7. The Labute approximate surface area is 110 Å². The molecule has 0 saturated carbocycles. The molecule has 0 bridgehead atoms. The first-order chi connectivity index (χ1) is 8.50. The lowest BCUT2D eigenvalue weighted by atomic mass is 9.97. The molecule has 96 valence electrons. The van der Waals surface area contributed by atoms with E-state index in [4.69, 9.17) is 5.26 Å². The molecule has 0 atom stereocenters. The highest BCUT2D eigenvalue weighted by molar-refractivity contribution is 7.14. The number of nitriles is 1. The van der Waals surface area contributed by atoms with Gasteiger partial charge in [0.2, 0.25) is 5.91 Å². The fourth-order valence-electron chi connectivity index (χ4n) is 2.02. The topological polar surface area (TPSA) is 76.4 Å². The summed E-state index contributed by atoms with van der Waals surface area (Å²) in [5, 5.41) is 23.5. The van der Waals surface area contributed by atoms with Crippen LogP contribution in [0.25, 0.3) is 0 Å². The number of likely N-dealkylation sites (tertiary alicyclic amines) is 1. The summed E-state index contributed by atoms with van der Waals surface area (Å²) < 4.78 is 0. The van der Waals surface area contributed by atoms with E-state index in [-0.39, 0.29) is 5.91 Å². The third kappa shape index (κ3) is 3.07. The lowest BCUT2D eigenvalue weighted by Gasteiger charge is -2.44. The zero-order valence-electron chi connectivity index (χ0n) is 10.1. The molecule has 0 aliphatic carbocycles. The lowest BCUT2D eigenvalue weighted by molar-refractivity contribution is -0.119. The SMILES string of the molecule is CC1(O)CN(CCC(=O)Nc2sccc2C#N)C1. The molecule has 1 aromatic rings. The molecule has 1 aliphatic heterocycles. The molecule has 0 unspecified atom stereocenters. The normalized spacial score (nSPS) is 17.8. The Morgan fingerprint density at radius 3 is 3.06 bits per heavy atom. The largest absolute Gasteiger partial charge is 0.388 e. The zero-order chi connectivity index (χ0) is 13.2. The molecule has 6 heteroatoms. The van der Waals surface area contributed by atoms with Crippen molar-refractivity contribution in [1.29, 1.82) is 5.26 Å². The molecule has 2 heterocycles. The molecular weight excluding hydrogens is 250 g/mol. The minimum atomic E-state index is -0.599. The average molecular weight is 265 g/mol. The van der Waals surface area contributed by atoms with E-state index in [0.717, 1.165) is 0 Å². The Hall–Kier alpha value is -1.42. The zero-order valence-corrected chi connectivity index (χ0v) is 11.0. The second-order valence-electron chi connectivity index (χ2n) is 4.78. The van der Waals surface area contributed by atoms with Crippen LogP contribution in [0.4, 0.5) is 5.00 Å². The smallest absolute Gasteiger partial charge is 0.226 e. The highest BCUT2D eigenvalue weighted by atomic mass is 32.1. The van der Waals surface area contributed by atoms with Crippen LogP contribution in [0.15, 0.2) is 11.4 Å². The first-order valence-corrected chi connectivity index (χ1v) is 6.60. The number of thiophene rings is 1. The minimum absolute atomic E-state index is 0.0968. The summed E-state index contributed by atoms with van der Waals surface area (Å²) in [6.07, 6.45) is 0.374. The number of anilines is 1. The van der Waals surface area contributed by atoms with E-state index in [9.17, 15) is 9.90 Å². The van der Waals surface area contributed by atoms with Crippen molar-refractivity contribution < 1.29 is 9.90 Å².